The molecule has 4 heteroatoms. The van der Waals surface area contributed by atoms with E-state index in [2.05, 4.69) is 68.1 Å². The predicted octanol–water partition coefficient (Wildman–Crippen LogP) is 3.37. The highest BCUT2D eigenvalue weighted by atomic mass is 35.5. The van der Waals surface area contributed by atoms with E-state index < -0.39 is 0 Å². The summed E-state index contributed by atoms with van der Waals surface area (Å²) in [6.07, 6.45) is 0. The average molecular weight is 310 g/mol. The van der Waals surface area contributed by atoms with Crippen molar-refractivity contribution in [3.8, 4) is 0 Å². The summed E-state index contributed by atoms with van der Waals surface area (Å²) in [4.78, 5) is 4.82. The minimum atomic E-state index is 0.180. The molecular formula is C17H28ClN3. The maximum absolute atomic E-state index is 6.52. The summed E-state index contributed by atoms with van der Waals surface area (Å²) in [5.74, 6) is 0. The van der Waals surface area contributed by atoms with Crippen LogP contribution in [-0.2, 0) is 6.54 Å². The van der Waals surface area contributed by atoms with Crippen LogP contribution in [0, 0.1) is 0 Å². The molecule has 0 spiro atoms. The van der Waals surface area contributed by atoms with E-state index in [1.165, 1.54) is 5.56 Å². The molecule has 2 rings (SSSR count). The van der Waals surface area contributed by atoms with Gasteiger partial charge < -0.3 is 10.2 Å². The zero-order chi connectivity index (χ0) is 15.6. The first kappa shape index (κ1) is 16.6. The van der Waals surface area contributed by atoms with E-state index in [1.54, 1.807) is 0 Å². The van der Waals surface area contributed by atoms with Crippen molar-refractivity contribution in [3.05, 3.63) is 28.8 Å². The van der Waals surface area contributed by atoms with Gasteiger partial charge in [0, 0.05) is 37.8 Å². The molecule has 0 saturated carbocycles. The van der Waals surface area contributed by atoms with E-state index in [9.17, 15) is 0 Å². The molecule has 1 aromatic carbocycles. The third kappa shape index (κ3) is 4.12. The van der Waals surface area contributed by atoms with Crippen molar-refractivity contribution in [1.29, 1.82) is 0 Å². The molecule has 1 heterocycles. The van der Waals surface area contributed by atoms with Gasteiger partial charge >= 0.3 is 0 Å². The summed E-state index contributed by atoms with van der Waals surface area (Å²) in [5.41, 5.74) is 2.58. The summed E-state index contributed by atoms with van der Waals surface area (Å²) in [7, 11) is 2.19. The van der Waals surface area contributed by atoms with Crippen molar-refractivity contribution >= 4 is 17.3 Å². The van der Waals surface area contributed by atoms with Crippen molar-refractivity contribution in [2.75, 3.05) is 31.6 Å². The maximum atomic E-state index is 6.52. The molecule has 3 nitrogen and oxygen atoms in total. The fourth-order valence-electron chi connectivity index (χ4n) is 2.68. The molecule has 1 saturated heterocycles. The zero-order valence-electron chi connectivity index (χ0n) is 13.9. The van der Waals surface area contributed by atoms with Crippen molar-refractivity contribution in [3.63, 3.8) is 0 Å². The Morgan fingerprint density at radius 3 is 2.57 bits per heavy atom. The normalized spacial score (nSPS) is 19.3. The molecule has 0 amide bonds. The fourth-order valence-corrected chi connectivity index (χ4v) is 3.01. The van der Waals surface area contributed by atoms with Gasteiger partial charge in [-0.15, -0.1) is 0 Å². The lowest BCUT2D eigenvalue weighted by Gasteiger charge is -2.46. The van der Waals surface area contributed by atoms with E-state index >= 15 is 0 Å². The quantitative estimate of drug-likeness (QED) is 0.920. The number of nitrogens with one attached hydrogen (secondary N) is 1. The lowest BCUT2D eigenvalue weighted by molar-refractivity contribution is 0.139. The second kappa shape index (κ2) is 6.55. The van der Waals surface area contributed by atoms with E-state index in [1.807, 2.05) is 0 Å². The van der Waals surface area contributed by atoms with E-state index in [-0.39, 0.29) is 5.54 Å². The Hall–Kier alpha value is -0.770. The first-order chi connectivity index (χ1) is 9.79. The van der Waals surface area contributed by atoms with Crippen LogP contribution in [0.2, 0.25) is 5.02 Å². The Morgan fingerprint density at radius 1 is 1.29 bits per heavy atom. The Bertz CT molecular complexity index is 485. The molecule has 0 radical (unpaired) electrons. The molecule has 1 N–H and O–H groups in total. The van der Waals surface area contributed by atoms with Crippen LogP contribution in [-0.4, -0.2) is 43.2 Å². The Balaban J connectivity index is 2.10. The molecule has 0 unspecified atom stereocenters. The van der Waals surface area contributed by atoms with Gasteiger partial charge in [-0.05, 0) is 38.6 Å². The molecule has 1 aliphatic rings. The third-order valence-electron chi connectivity index (χ3n) is 4.38. The van der Waals surface area contributed by atoms with Gasteiger partial charge in [0.15, 0.2) is 0 Å². The standard InChI is InChI=1S/C17H28ClN3/c1-13(2)19-11-14-6-7-16(15(18)10-14)21-9-8-20(5)17(3,4)12-21/h6-7,10,13,19H,8-9,11-12H2,1-5H3. The molecular weight excluding hydrogens is 282 g/mol. The maximum Gasteiger partial charge on any atom is 0.0642 e. The van der Waals surface area contributed by atoms with Crippen LogP contribution in [0.4, 0.5) is 5.69 Å². The smallest absolute Gasteiger partial charge is 0.0642 e. The number of halogens is 1. The molecule has 0 atom stereocenters. The van der Waals surface area contributed by atoms with Gasteiger partial charge in [0.05, 0.1) is 10.7 Å². The van der Waals surface area contributed by atoms with Gasteiger partial charge in [0.1, 0.15) is 0 Å². The summed E-state index contributed by atoms with van der Waals surface area (Å²) in [5, 5.41) is 4.29. The highest BCUT2D eigenvalue weighted by molar-refractivity contribution is 6.33. The molecule has 1 aliphatic heterocycles. The molecule has 118 valence electrons. The van der Waals surface area contributed by atoms with Crippen LogP contribution in [0.1, 0.15) is 33.3 Å². The van der Waals surface area contributed by atoms with E-state index in [4.69, 9.17) is 11.6 Å². The topological polar surface area (TPSA) is 18.5 Å². The van der Waals surface area contributed by atoms with Crippen LogP contribution >= 0.6 is 11.6 Å². The second-order valence-electron chi connectivity index (χ2n) is 6.98. The van der Waals surface area contributed by atoms with Crippen molar-refractivity contribution in [1.82, 2.24) is 10.2 Å². The molecule has 0 aromatic heterocycles. The number of benzene rings is 1. The molecule has 1 aromatic rings. The Labute approximate surface area is 134 Å². The van der Waals surface area contributed by atoms with Crippen LogP contribution in [0.3, 0.4) is 0 Å². The number of nitrogens with zero attached hydrogens (tertiary/aromatic N) is 2. The average Bonchev–Trinajstić information content (AvgIpc) is 2.40. The van der Waals surface area contributed by atoms with E-state index in [0.29, 0.717) is 6.04 Å². The van der Waals surface area contributed by atoms with E-state index in [0.717, 1.165) is 36.9 Å². The highest BCUT2D eigenvalue weighted by Crippen LogP contribution is 2.31. The third-order valence-corrected chi connectivity index (χ3v) is 4.69. The zero-order valence-corrected chi connectivity index (χ0v) is 14.7. The fraction of sp³-hybridized carbons (Fsp3) is 0.647. The first-order valence-corrected chi connectivity index (χ1v) is 8.15. The SMILES string of the molecule is CC(C)NCc1ccc(N2CCN(C)C(C)(C)C2)c(Cl)c1. The summed E-state index contributed by atoms with van der Waals surface area (Å²) >= 11 is 6.52. The monoisotopic (exact) mass is 309 g/mol. The summed E-state index contributed by atoms with van der Waals surface area (Å²) in [6, 6.07) is 6.93. The first-order valence-electron chi connectivity index (χ1n) is 7.77. The van der Waals surface area contributed by atoms with Gasteiger partial charge in [-0.2, -0.15) is 0 Å². The number of hydrogen-bond donors (Lipinski definition) is 1. The van der Waals surface area contributed by atoms with Crippen LogP contribution in [0.5, 0.6) is 0 Å². The minimum Gasteiger partial charge on any atom is -0.367 e. The summed E-state index contributed by atoms with van der Waals surface area (Å²) < 4.78 is 0. The van der Waals surface area contributed by atoms with Crippen LogP contribution in [0.15, 0.2) is 18.2 Å². The molecule has 0 aliphatic carbocycles. The van der Waals surface area contributed by atoms with Gasteiger partial charge in [-0.1, -0.05) is 31.5 Å². The number of anilines is 1. The van der Waals surface area contributed by atoms with Gasteiger partial charge in [0.2, 0.25) is 0 Å². The Kier molecular flexibility index (Phi) is 5.18. The van der Waals surface area contributed by atoms with Crippen molar-refractivity contribution in [2.24, 2.45) is 0 Å². The van der Waals surface area contributed by atoms with Crippen LogP contribution < -0.4 is 10.2 Å². The molecule has 21 heavy (non-hydrogen) atoms. The van der Waals surface area contributed by atoms with Gasteiger partial charge in [-0.3, -0.25) is 4.90 Å². The lowest BCUT2D eigenvalue weighted by atomic mass is 9.99. The molecule has 1 fully saturated rings. The number of hydrogen-bond acceptors (Lipinski definition) is 3. The largest absolute Gasteiger partial charge is 0.367 e. The van der Waals surface area contributed by atoms with Crippen molar-refractivity contribution in [2.45, 2.75) is 45.8 Å². The van der Waals surface area contributed by atoms with Gasteiger partial charge in [-0.25, -0.2) is 0 Å². The number of likely N-dealkylation sites (N-methyl/N-ethyl adjacent to an activating group) is 1. The van der Waals surface area contributed by atoms with Crippen molar-refractivity contribution < 1.29 is 0 Å². The second-order valence-corrected chi connectivity index (χ2v) is 7.38. The summed E-state index contributed by atoms with van der Waals surface area (Å²) in [6.45, 7) is 12.9. The van der Waals surface area contributed by atoms with Crippen LogP contribution in [0.25, 0.3) is 0 Å². The molecule has 0 bridgehead atoms. The minimum absolute atomic E-state index is 0.180. The number of rotatable bonds is 4. The van der Waals surface area contributed by atoms with Gasteiger partial charge in [0.25, 0.3) is 0 Å². The lowest BCUT2D eigenvalue weighted by Crippen LogP contribution is -2.57. The Morgan fingerprint density at radius 2 is 2.00 bits per heavy atom. The highest BCUT2D eigenvalue weighted by Gasteiger charge is 2.31. The number of piperazine rings is 1. The predicted molar refractivity (Wildman–Crippen MR) is 92.3 cm³/mol.